The molecule has 106 valence electrons. The normalized spacial score (nSPS) is 20.1. The molecule has 20 heavy (non-hydrogen) atoms. The topological polar surface area (TPSA) is 49.0 Å². The molecule has 3 rings (SSSR count). The van der Waals surface area contributed by atoms with E-state index in [0.29, 0.717) is 6.04 Å². The summed E-state index contributed by atoms with van der Waals surface area (Å²) >= 11 is 0. The number of nitrogens with one attached hydrogen (secondary N) is 1. The Morgan fingerprint density at radius 2 is 2.30 bits per heavy atom. The highest BCUT2D eigenvalue weighted by atomic mass is 16.2. The molecule has 0 saturated carbocycles. The summed E-state index contributed by atoms with van der Waals surface area (Å²) in [4.78, 5) is 22.1. The second-order valence-corrected chi connectivity index (χ2v) is 5.54. The Morgan fingerprint density at radius 1 is 1.40 bits per heavy atom. The molecule has 0 radical (unpaired) electrons. The van der Waals surface area contributed by atoms with Gasteiger partial charge in [-0.3, -0.25) is 4.79 Å². The van der Waals surface area contributed by atoms with Crippen LogP contribution in [0.25, 0.3) is 11.0 Å². The van der Waals surface area contributed by atoms with Crippen molar-refractivity contribution < 1.29 is 4.79 Å². The lowest BCUT2D eigenvalue weighted by molar-refractivity contribution is 0.0678. The van der Waals surface area contributed by atoms with Crippen LogP contribution < -0.4 is 0 Å². The fraction of sp³-hybridized carbons (Fsp3) is 0.500. The lowest BCUT2D eigenvalue weighted by atomic mass is 10.1. The summed E-state index contributed by atoms with van der Waals surface area (Å²) in [7, 11) is 0. The van der Waals surface area contributed by atoms with Gasteiger partial charge in [-0.25, -0.2) is 4.98 Å². The van der Waals surface area contributed by atoms with Crippen molar-refractivity contribution in [3.8, 4) is 0 Å². The molecular formula is C16H21N3O. The van der Waals surface area contributed by atoms with Gasteiger partial charge >= 0.3 is 0 Å². The fourth-order valence-corrected chi connectivity index (χ4v) is 3.10. The third-order valence-electron chi connectivity index (χ3n) is 4.28. The Morgan fingerprint density at radius 3 is 3.15 bits per heavy atom. The molecule has 1 saturated heterocycles. The van der Waals surface area contributed by atoms with Gasteiger partial charge in [0.25, 0.3) is 5.91 Å². The predicted octanol–water partition coefficient (Wildman–Crippen LogP) is 3.36. The Hall–Kier alpha value is -1.84. The van der Waals surface area contributed by atoms with Crippen LogP contribution in [0.2, 0.25) is 0 Å². The molecule has 4 nitrogen and oxygen atoms in total. The monoisotopic (exact) mass is 271 g/mol. The fourth-order valence-electron chi connectivity index (χ4n) is 3.10. The van der Waals surface area contributed by atoms with Crippen LogP contribution in [0.15, 0.2) is 24.5 Å². The van der Waals surface area contributed by atoms with Gasteiger partial charge in [-0.15, -0.1) is 0 Å². The SMILES string of the molecule is CCC1CCCCCN1C(=O)c1ccc2nc[nH]c2c1. The molecule has 2 heterocycles. The first kappa shape index (κ1) is 13.2. The van der Waals surface area contributed by atoms with Gasteiger partial charge in [0, 0.05) is 18.2 Å². The van der Waals surface area contributed by atoms with Crippen molar-refractivity contribution in [2.45, 2.75) is 45.1 Å². The van der Waals surface area contributed by atoms with Crippen LogP contribution in [-0.4, -0.2) is 33.4 Å². The summed E-state index contributed by atoms with van der Waals surface area (Å²) in [5.74, 6) is 0.162. The number of rotatable bonds is 2. The number of likely N-dealkylation sites (tertiary alicyclic amines) is 1. The van der Waals surface area contributed by atoms with Gasteiger partial charge in [0.2, 0.25) is 0 Å². The Kier molecular flexibility index (Phi) is 3.72. The molecule has 1 fully saturated rings. The summed E-state index contributed by atoms with van der Waals surface area (Å²) in [5, 5.41) is 0. The summed E-state index contributed by atoms with van der Waals surface area (Å²) in [5.41, 5.74) is 2.60. The second-order valence-electron chi connectivity index (χ2n) is 5.54. The number of carbonyl (C=O) groups excluding carboxylic acids is 1. The lowest BCUT2D eigenvalue weighted by Gasteiger charge is -2.29. The molecule has 1 aromatic carbocycles. The predicted molar refractivity (Wildman–Crippen MR) is 79.7 cm³/mol. The summed E-state index contributed by atoms with van der Waals surface area (Å²) < 4.78 is 0. The van der Waals surface area contributed by atoms with Crippen molar-refractivity contribution in [3.05, 3.63) is 30.1 Å². The summed E-state index contributed by atoms with van der Waals surface area (Å²) in [6.45, 7) is 3.06. The molecule has 1 atom stereocenters. The smallest absolute Gasteiger partial charge is 0.254 e. The van der Waals surface area contributed by atoms with Crippen molar-refractivity contribution >= 4 is 16.9 Å². The minimum atomic E-state index is 0.162. The number of hydrogen-bond donors (Lipinski definition) is 1. The van der Waals surface area contributed by atoms with Gasteiger partial charge in [-0.1, -0.05) is 19.8 Å². The minimum Gasteiger partial charge on any atom is -0.345 e. The largest absolute Gasteiger partial charge is 0.345 e. The number of carbonyl (C=O) groups is 1. The molecule has 1 N–H and O–H groups in total. The maximum Gasteiger partial charge on any atom is 0.254 e. The van der Waals surface area contributed by atoms with E-state index in [0.717, 1.165) is 42.4 Å². The highest BCUT2D eigenvalue weighted by Crippen LogP contribution is 2.22. The van der Waals surface area contributed by atoms with E-state index in [1.165, 1.54) is 12.8 Å². The number of amides is 1. The van der Waals surface area contributed by atoms with E-state index < -0.39 is 0 Å². The number of imidazole rings is 1. The molecule has 1 aliphatic rings. The Bertz CT molecular complexity index is 605. The number of benzene rings is 1. The van der Waals surface area contributed by atoms with E-state index in [1.54, 1.807) is 6.33 Å². The Balaban J connectivity index is 1.88. The maximum atomic E-state index is 12.8. The molecule has 0 spiro atoms. The number of fused-ring (bicyclic) bond motifs is 1. The van der Waals surface area contributed by atoms with Crippen molar-refractivity contribution in [1.29, 1.82) is 0 Å². The first-order chi connectivity index (χ1) is 9.79. The van der Waals surface area contributed by atoms with E-state index in [9.17, 15) is 4.79 Å². The van der Waals surface area contributed by atoms with Crippen LogP contribution in [0.4, 0.5) is 0 Å². The van der Waals surface area contributed by atoms with Crippen LogP contribution in [-0.2, 0) is 0 Å². The lowest BCUT2D eigenvalue weighted by Crippen LogP contribution is -2.39. The molecule has 1 amide bonds. The zero-order valence-electron chi connectivity index (χ0n) is 11.9. The number of H-pyrrole nitrogens is 1. The van der Waals surface area contributed by atoms with Gasteiger partial charge < -0.3 is 9.88 Å². The standard InChI is InChI=1S/C16H21N3O/c1-2-13-6-4-3-5-9-19(13)16(20)12-7-8-14-15(10-12)18-11-17-14/h7-8,10-11,13H,2-6,9H2,1H3,(H,17,18). The van der Waals surface area contributed by atoms with Crippen molar-refractivity contribution in [1.82, 2.24) is 14.9 Å². The highest BCUT2D eigenvalue weighted by molar-refractivity contribution is 5.97. The van der Waals surface area contributed by atoms with Crippen molar-refractivity contribution in [2.75, 3.05) is 6.54 Å². The van der Waals surface area contributed by atoms with Crippen LogP contribution >= 0.6 is 0 Å². The molecule has 4 heteroatoms. The van der Waals surface area contributed by atoms with Crippen LogP contribution in [0.1, 0.15) is 49.4 Å². The number of aromatic amines is 1. The first-order valence-corrected chi connectivity index (χ1v) is 7.53. The number of nitrogens with zero attached hydrogens (tertiary/aromatic N) is 2. The average Bonchev–Trinajstić information content (AvgIpc) is 2.81. The summed E-state index contributed by atoms with van der Waals surface area (Å²) in [6, 6.07) is 6.12. The van der Waals surface area contributed by atoms with Gasteiger partial charge in [0.05, 0.1) is 17.4 Å². The zero-order valence-corrected chi connectivity index (χ0v) is 11.9. The van der Waals surface area contributed by atoms with Gasteiger partial charge in [0.1, 0.15) is 0 Å². The Labute approximate surface area is 119 Å². The minimum absolute atomic E-state index is 0.162. The molecule has 2 aromatic rings. The molecule has 1 unspecified atom stereocenters. The highest BCUT2D eigenvalue weighted by Gasteiger charge is 2.25. The number of hydrogen-bond acceptors (Lipinski definition) is 2. The van der Waals surface area contributed by atoms with E-state index in [2.05, 4.69) is 21.8 Å². The van der Waals surface area contributed by atoms with Gasteiger partial charge in [0.15, 0.2) is 0 Å². The van der Waals surface area contributed by atoms with Crippen LogP contribution in [0.3, 0.4) is 0 Å². The van der Waals surface area contributed by atoms with E-state index >= 15 is 0 Å². The average molecular weight is 271 g/mol. The van der Waals surface area contributed by atoms with Gasteiger partial charge in [-0.2, -0.15) is 0 Å². The maximum absolute atomic E-state index is 12.8. The molecule has 1 aromatic heterocycles. The summed E-state index contributed by atoms with van der Waals surface area (Å²) in [6.07, 6.45) is 7.43. The zero-order chi connectivity index (χ0) is 13.9. The second kappa shape index (κ2) is 5.65. The van der Waals surface area contributed by atoms with E-state index in [1.807, 2.05) is 18.2 Å². The van der Waals surface area contributed by atoms with Crippen LogP contribution in [0, 0.1) is 0 Å². The molecule has 1 aliphatic heterocycles. The quantitative estimate of drug-likeness (QED) is 0.910. The van der Waals surface area contributed by atoms with E-state index in [-0.39, 0.29) is 5.91 Å². The third-order valence-corrected chi connectivity index (χ3v) is 4.28. The number of aromatic nitrogens is 2. The first-order valence-electron chi connectivity index (χ1n) is 7.53. The van der Waals surface area contributed by atoms with Crippen molar-refractivity contribution in [3.63, 3.8) is 0 Å². The molecule has 0 bridgehead atoms. The molecular weight excluding hydrogens is 250 g/mol. The van der Waals surface area contributed by atoms with Crippen molar-refractivity contribution in [2.24, 2.45) is 0 Å². The molecule has 0 aliphatic carbocycles. The van der Waals surface area contributed by atoms with Gasteiger partial charge in [-0.05, 0) is 37.5 Å². The van der Waals surface area contributed by atoms with E-state index in [4.69, 9.17) is 0 Å². The van der Waals surface area contributed by atoms with Crippen LogP contribution in [0.5, 0.6) is 0 Å². The third kappa shape index (κ3) is 2.42.